The highest BCUT2D eigenvalue weighted by Crippen LogP contribution is 2.29. The summed E-state index contributed by atoms with van der Waals surface area (Å²) in [6, 6.07) is 23.3. The van der Waals surface area contributed by atoms with Gasteiger partial charge in [0.1, 0.15) is 5.75 Å². The lowest BCUT2D eigenvalue weighted by Crippen LogP contribution is -2.29. The molecule has 212 valence electrons. The minimum absolute atomic E-state index is 0.307. The normalized spacial score (nSPS) is 11.8. The topological polar surface area (TPSA) is 71.1 Å². The summed E-state index contributed by atoms with van der Waals surface area (Å²) >= 11 is 1.55. The second-order valence-corrected chi connectivity index (χ2v) is 10.1. The summed E-state index contributed by atoms with van der Waals surface area (Å²) in [5.41, 5.74) is 2.63. The number of benzene rings is 3. The zero-order valence-electron chi connectivity index (χ0n) is 23.5. The quantitative estimate of drug-likeness (QED) is 0.133. The molecule has 6 nitrogen and oxygen atoms in total. The molecule has 0 aliphatic heterocycles. The average molecular weight is 563 g/mol. The molecule has 0 radical (unpaired) electrons. The SMILES string of the molecule is CCOC(=O)c1cccc(Sc2cccc(CC(OCCCCC=Cc3ccc(OC)cc3)C(=O)OCC)c2)c1. The molecule has 0 amide bonds. The van der Waals surface area contributed by atoms with E-state index in [1.165, 1.54) is 0 Å². The molecule has 0 aliphatic carbocycles. The number of carbonyl (C=O) groups is 2. The monoisotopic (exact) mass is 562 g/mol. The molecule has 1 atom stereocenters. The first-order valence-electron chi connectivity index (χ1n) is 13.6. The molecule has 3 aromatic carbocycles. The first-order valence-corrected chi connectivity index (χ1v) is 14.5. The summed E-state index contributed by atoms with van der Waals surface area (Å²) in [5, 5.41) is 0. The number of hydrogen-bond acceptors (Lipinski definition) is 7. The number of ether oxygens (including phenoxy) is 4. The maximum Gasteiger partial charge on any atom is 0.338 e. The van der Waals surface area contributed by atoms with Crippen molar-refractivity contribution < 1.29 is 28.5 Å². The summed E-state index contributed by atoms with van der Waals surface area (Å²) < 4.78 is 21.6. The highest BCUT2D eigenvalue weighted by molar-refractivity contribution is 7.99. The van der Waals surface area contributed by atoms with Gasteiger partial charge in [0.15, 0.2) is 6.10 Å². The molecule has 0 fully saturated rings. The second-order valence-electron chi connectivity index (χ2n) is 8.98. The molecule has 0 aromatic heterocycles. The van der Waals surface area contributed by atoms with Crippen molar-refractivity contribution in [1.29, 1.82) is 0 Å². The maximum atomic E-state index is 12.6. The Kier molecular flexibility index (Phi) is 13.3. The molecule has 0 N–H and O–H groups in total. The Labute approximate surface area is 241 Å². The first kappa shape index (κ1) is 31.0. The van der Waals surface area contributed by atoms with Gasteiger partial charge in [-0.2, -0.15) is 0 Å². The third-order valence-electron chi connectivity index (χ3n) is 5.96. The Hall–Kier alpha value is -3.55. The third kappa shape index (κ3) is 10.5. The summed E-state index contributed by atoms with van der Waals surface area (Å²) in [7, 11) is 1.66. The number of unbranched alkanes of at least 4 members (excludes halogenated alkanes) is 2. The van der Waals surface area contributed by atoms with Crippen LogP contribution in [0.4, 0.5) is 0 Å². The number of esters is 2. The lowest BCUT2D eigenvalue weighted by atomic mass is 10.1. The van der Waals surface area contributed by atoms with Crippen LogP contribution < -0.4 is 4.74 Å². The van der Waals surface area contributed by atoms with Gasteiger partial charge in [0.25, 0.3) is 0 Å². The molecule has 0 spiro atoms. The van der Waals surface area contributed by atoms with Crippen LogP contribution in [0.5, 0.6) is 5.75 Å². The van der Waals surface area contributed by atoms with Gasteiger partial charge in [-0.15, -0.1) is 0 Å². The van der Waals surface area contributed by atoms with Crippen molar-refractivity contribution in [2.75, 3.05) is 26.9 Å². The second kappa shape index (κ2) is 17.2. The van der Waals surface area contributed by atoms with Crippen molar-refractivity contribution in [3.63, 3.8) is 0 Å². The molecule has 0 saturated heterocycles. The van der Waals surface area contributed by atoms with Crippen LogP contribution >= 0.6 is 11.8 Å². The number of rotatable bonds is 16. The van der Waals surface area contributed by atoms with E-state index in [0.717, 1.165) is 45.9 Å². The fraction of sp³-hybridized carbons (Fsp3) is 0.333. The molecule has 0 heterocycles. The summed E-state index contributed by atoms with van der Waals surface area (Å²) in [4.78, 5) is 26.7. The van der Waals surface area contributed by atoms with E-state index in [4.69, 9.17) is 18.9 Å². The Balaban J connectivity index is 1.52. The predicted molar refractivity (Wildman–Crippen MR) is 159 cm³/mol. The number of allylic oxidation sites excluding steroid dienone is 1. The van der Waals surface area contributed by atoms with Gasteiger partial charge in [0.2, 0.25) is 0 Å². The van der Waals surface area contributed by atoms with Crippen LogP contribution in [0.2, 0.25) is 0 Å². The van der Waals surface area contributed by atoms with E-state index in [0.29, 0.717) is 31.8 Å². The average Bonchev–Trinajstić information content (AvgIpc) is 2.97. The maximum absolute atomic E-state index is 12.6. The molecular formula is C33H38O6S. The van der Waals surface area contributed by atoms with Crippen LogP contribution in [-0.4, -0.2) is 45.0 Å². The fourth-order valence-corrected chi connectivity index (χ4v) is 4.92. The highest BCUT2D eigenvalue weighted by Gasteiger charge is 2.21. The number of carbonyl (C=O) groups excluding carboxylic acids is 2. The minimum atomic E-state index is -0.665. The molecular weight excluding hydrogens is 524 g/mol. The van der Waals surface area contributed by atoms with Gasteiger partial charge in [-0.3, -0.25) is 0 Å². The van der Waals surface area contributed by atoms with Crippen LogP contribution in [0.15, 0.2) is 88.7 Å². The zero-order chi connectivity index (χ0) is 28.6. The molecule has 3 rings (SSSR count). The molecule has 0 saturated carbocycles. The first-order chi connectivity index (χ1) is 19.5. The van der Waals surface area contributed by atoms with Crippen molar-refractivity contribution in [3.8, 4) is 5.75 Å². The van der Waals surface area contributed by atoms with E-state index in [1.807, 2.05) is 66.7 Å². The van der Waals surface area contributed by atoms with Crippen molar-refractivity contribution >= 4 is 29.8 Å². The van der Waals surface area contributed by atoms with Crippen LogP contribution in [0, 0.1) is 0 Å². The highest BCUT2D eigenvalue weighted by atomic mass is 32.2. The molecule has 40 heavy (non-hydrogen) atoms. The molecule has 3 aromatic rings. The smallest absolute Gasteiger partial charge is 0.338 e. The third-order valence-corrected chi connectivity index (χ3v) is 6.94. The van der Waals surface area contributed by atoms with Crippen molar-refractivity contribution in [1.82, 2.24) is 0 Å². The van der Waals surface area contributed by atoms with E-state index < -0.39 is 6.10 Å². The molecule has 0 aliphatic rings. The van der Waals surface area contributed by atoms with Crippen molar-refractivity contribution in [2.24, 2.45) is 0 Å². The van der Waals surface area contributed by atoms with Crippen LogP contribution in [-0.2, 0) is 25.4 Å². The molecule has 7 heteroatoms. The summed E-state index contributed by atoms with van der Waals surface area (Å²) in [6.45, 7) is 4.71. The summed E-state index contributed by atoms with van der Waals surface area (Å²) in [5.74, 6) is 0.167. The van der Waals surface area contributed by atoms with E-state index in [9.17, 15) is 9.59 Å². The predicted octanol–water partition coefficient (Wildman–Crippen LogP) is 7.40. The van der Waals surface area contributed by atoms with E-state index in [1.54, 1.807) is 38.8 Å². The van der Waals surface area contributed by atoms with E-state index in [2.05, 4.69) is 12.2 Å². The molecule has 1 unspecified atom stereocenters. The van der Waals surface area contributed by atoms with Crippen molar-refractivity contribution in [2.45, 2.75) is 55.4 Å². The van der Waals surface area contributed by atoms with E-state index in [-0.39, 0.29) is 11.9 Å². The Morgan fingerprint density at radius 2 is 1.60 bits per heavy atom. The van der Waals surface area contributed by atoms with Crippen LogP contribution in [0.25, 0.3) is 6.08 Å². The van der Waals surface area contributed by atoms with Gasteiger partial charge in [-0.05, 0) is 86.7 Å². The van der Waals surface area contributed by atoms with Gasteiger partial charge in [-0.1, -0.05) is 54.2 Å². The van der Waals surface area contributed by atoms with Gasteiger partial charge in [0, 0.05) is 22.8 Å². The Bertz CT molecular complexity index is 1240. The van der Waals surface area contributed by atoms with Crippen LogP contribution in [0.1, 0.15) is 54.6 Å². The van der Waals surface area contributed by atoms with Gasteiger partial charge < -0.3 is 18.9 Å². The molecule has 0 bridgehead atoms. The van der Waals surface area contributed by atoms with E-state index >= 15 is 0 Å². The standard InChI is InChI=1S/C33H38O6S/c1-4-37-32(34)27-14-11-16-30(24-27)40-29-15-10-13-26(22-29)23-31(33(35)38-5-2)39-21-9-7-6-8-12-25-17-19-28(36-3)20-18-25/h8,10-20,22,24,31H,4-7,9,21,23H2,1-3H3. The number of methoxy groups -OCH3 is 1. The summed E-state index contributed by atoms with van der Waals surface area (Å²) in [6.07, 6.45) is 6.73. The lowest BCUT2D eigenvalue weighted by molar-refractivity contribution is -0.156. The number of hydrogen-bond donors (Lipinski definition) is 0. The zero-order valence-corrected chi connectivity index (χ0v) is 24.3. The van der Waals surface area contributed by atoms with Gasteiger partial charge >= 0.3 is 11.9 Å². The lowest BCUT2D eigenvalue weighted by Gasteiger charge is -2.17. The Morgan fingerprint density at radius 3 is 2.33 bits per heavy atom. The fourth-order valence-electron chi connectivity index (χ4n) is 3.96. The van der Waals surface area contributed by atoms with Gasteiger partial charge in [-0.25, -0.2) is 9.59 Å². The van der Waals surface area contributed by atoms with Crippen LogP contribution in [0.3, 0.4) is 0 Å². The largest absolute Gasteiger partial charge is 0.497 e. The van der Waals surface area contributed by atoms with Crippen molar-refractivity contribution in [3.05, 3.63) is 95.6 Å². The van der Waals surface area contributed by atoms with Gasteiger partial charge in [0.05, 0.1) is 25.9 Å². The Morgan fingerprint density at radius 1 is 0.875 bits per heavy atom. The minimum Gasteiger partial charge on any atom is -0.497 e.